The topological polar surface area (TPSA) is 48.1 Å². The number of hydrogen-bond acceptors (Lipinski definition) is 3. The number of pyridine rings is 1. The Morgan fingerprint density at radius 2 is 2.11 bits per heavy atom. The van der Waals surface area contributed by atoms with Crippen molar-refractivity contribution in [2.75, 3.05) is 7.11 Å². The van der Waals surface area contributed by atoms with E-state index in [2.05, 4.69) is 4.98 Å². The number of nitrogens with zero attached hydrogens (tertiary/aromatic N) is 1. The molecule has 94 valence electrons. The summed E-state index contributed by atoms with van der Waals surface area (Å²) in [5.41, 5.74) is 6.52. The molecule has 1 heterocycles. The SMILES string of the molecule is COc1cccc(C(C)(N)c2ccncc2F)c1. The number of hydrogen-bond donors (Lipinski definition) is 1. The molecule has 2 aromatic rings. The minimum Gasteiger partial charge on any atom is -0.497 e. The molecule has 3 nitrogen and oxygen atoms in total. The first kappa shape index (κ1) is 12.5. The van der Waals surface area contributed by atoms with Crippen molar-refractivity contribution >= 4 is 0 Å². The van der Waals surface area contributed by atoms with Crippen LogP contribution in [0.5, 0.6) is 5.75 Å². The summed E-state index contributed by atoms with van der Waals surface area (Å²) in [7, 11) is 1.58. The van der Waals surface area contributed by atoms with E-state index in [0.717, 1.165) is 5.56 Å². The van der Waals surface area contributed by atoms with Crippen LogP contribution in [0.2, 0.25) is 0 Å². The van der Waals surface area contributed by atoms with Crippen LogP contribution in [-0.4, -0.2) is 12.1 Å². The van der Waals surface area contributed by atoms with Gasteiger partial charge in [0.05, 0.1) is 18.8 Å². The summed E-state index contributed by atoms with van der Waals surface area (Å²) >= 11 is 0. The smallest absolute Gasteiger partial charge is 0.146 e. The highest BCUT2D eigenvalue weighted by molar-refractivity contribution is 5.40. The minimum atomic E-state index is -0.929. The maximum Gasteiger partial charge on any atom is 0.146 e. The first-order chi connectivity index (χ1) is 8.55. The third kappa shape index (κ3) is 2.19. The van der Waals surface area contributed by atoms with Crippen molar-refractivity contribution in [3.8, 4) is 5.75 Å². The fourth-order valence-electron chi connectivity index (χ4n) is 1.90. The van der Waals surface area contributed by atoms with Gasteiger partial charge in [0.15, 0.2) is 0 Å². The van der Waals surface area contributed by atoms with Crippen molar-refractivity contribution in [3.05, 3.63) is 59.7 Å². The van der Waals surface area contributed by atoms with Crippen molar-refractivity contribution in [2.24, 2.45) is 5.73 Å². The maximum absolute atomic E-state index is 13.8. The average Bonchev–Trinajstić information content (AvgIpc) is 2.39. The van der Waals surface area contributed by atoms with Crippen molar-refractivity contribution in [1.29, 1.82) is 0 Å². The molecule has 0 aliphatic heterocycles. The van der Waals surface area contributed by atoms with Gasteiger partial charge >= 0.3 is 0 Å². The highest BCUT2D eigenvalue weighted by atomic mass is 19.1. The molecule has 0 amide bonds. The van der Waals surface area contributed by atoms with Crippen LogP contribution < -0.4 is 10.5 Å². The summed E-state index contributed by atoms with van der Waals surface area (Å²) in [5.74, 6) is 0.281. The Morgan fingerprint density at radius 3 is 2.78 bits per heavy atom. The number of benzene rings is 1. The molecule has 2 rings (SSSR count). The maximum atomic E-state index is 13.8. The summed E-state index contributed by atoms with van der Waals surface area (Å²) in [6, 6.07) is 8.90. The average molecular weight is 246 g/mol. The summed E-state index contributed by atoms with van der Waals surface area (Å²) in [6.45, 7) is 1.76. The Labute approximate surface area is 105 Å². The quantitative estimate of drug-likeness (QED) is 0.905. The molecule has 0 radical (unpaired) electrons. The number of ether oxygens (including phenoxy) is 1. The molecule has 0 saturated carbocycles. The van der Waals surface area contributed by atoms with Gasteiger partial charge in [-0.15, -0.1) is 0 Å². The van der Waals surface area contributed by atoms with E-state index in [-0.39, 0.29) is 0 Å². The van der Waals surface area contributed by atoms with E-state index >= 15 is 0 Å². The predicted octanol–water partition coefficient (Wildman–Crippen LogP) is 2.45. The van der Waals surface area contributed by atoms with Crippen molar-refractivity contribution in [2.45, 2.75) is 12.5 Å². The lowest BCUT2D eigenvalue weighted by Crippen LogP contribution is -2.35. The first-order valence-corrected chi connectivity index (χ1v) is 5.59. The molecule has 18 heavy (non-hydrogen) atoms. The summed E-state index contributed by atoms with van der Waals surface area (Å²) in [4.78, 5) is 3.73. The van der Waals surface area contributed by atoms with E-state index in [9.17, 15) is 4.39 Å². The number of aromatic nitrogens is 1. The lowest BCUT2D eigenvalue weighted by atomic mass is 9.86. The highest BCUT2D eigenvalue weighted by Crippen LogP contribution is 2.29. The van der Waals surface area contributed by atoms with Gasteiger partial charge in [0.25, 0.3) is 0 Å². The molecule has 0 saturated heterocycles. The fourth-order valence-corrected chi connectivity index (χ4v) is 1.90. The van der Waals surface area contributed by atoms with Gasteiger partial charge in [0.1, 0.15) is 11.6 Å². The van der Waals surface area contributed by atoms with Gasteiger partial charge in [0, 0.05) is 11.8 Å². The second kappa shape index (κ2) is 4.74. The normalized spacial score (nSPS) is 14.0. The molecule has 2 N–H and O–H groups in total. The van der Waals surface area contributed by atoms with Gasteiger partial charge in [-0.3, -0.25) is 4.98 Å². The molecular formula is C14H15FN2O. The summed E-state index contributed by atoms with van der Waals surface area (Å²) < 4.78 is 18.9. The van der Waals surface area contributed by atoms with Gasteiger partial charge in [-0.2, -0.15) is 0 Å². The van der Waals surface area contributed by atoms with Gasteiger partial charge in [-0.05, 0) is 30.7 Å². The molecule has 4 heteroatoms. The number of methoxy groups -OCH3 is 1. The van der Waals surface area contributed by atoms with Crippen molar-refractivity contribution in [3.63, 3.8) is 0 Å². The molecule has 0 spiro atoms. The van der Waals surface area contributed by atoms with Gasteiger partial charge in [0.2, 0.25) is 0 Å². The van der Waals surface area contributed by atoms with Gasteiger partial charge in [-0.1, -0.05) is 12.1 Å². The minimum absolute atomic E-state index is 0.408. The standard InChI is InChI=1S/C14H15FN2O/c1-14(16,12-6-7-17-9-13(12)15)10-4-3-5-11(8-10)18-2/h3-9H,16H2,1-2H3. The molecule has 0 aliphatic carbocycles. The van der Waals surface area contributed by atoms with Crippen LogP contribution >= 0.6 is 0 Å². The van der Waals surface area contributed by atoms with Gasteiger partial charge in [-0.25, -0.2) is 4.39 Å². The monoisotopic (exact) mass is 246 g/mol. The van der Waals surface area contributed by atoms with E-state index in [1.807, 2.05) is 18.2 Å². The molecule has 0 aliphatic rings. The second-order valence-corrected chi connectivity index (χ2v) is 4.29. The molecule has 1 aromatic heterocycles. The number of rotatable bonds is 3. The summed E-state index contributed by atoms with van der Waals surface area (Å²) in [6.07, 6.45) is 2.70. The fraction of sp³-hybridized carbons (Fsp3) is 0.214. The Kier molecular flexibility index (Phi) is 3.30. The van der Waals surface area contributed by atoms with Crippen LogP contribution in [0.1, 0.15) is 18.1 Å². The van der Waals surface area contributed by atoms with E-state index in [0.29, 0.717) is 11.3 Å². The van der Waals surface area contributed by atoms with E-state index < -0.39 is 11.4 Å². The number of halogens is 1. The second-order valence-electron chi connectivity index (χ2n) is 4.29. The third-order valence-electron chi connectivity index (χ3n) is 3.00. The van der Waals surface area contributed by atoms with Crippen LogP contribution in [0.25, 0.3) is 0 Å². The zero-order valence-electron chi connectivity index (χ0n) is 10.4. The molecule has 1 aromatic carbocycles. The summed E-state index contributed by atoms with van der Waals surface area (Å²) in [5, 5.41) is 0. The van der Waals surface area contributed by atoms with Crippen LogP contribution in [0.15, 0.2) is 42.7 Å². The van der Waals surface area contributed by atoms with E-state index in [4.69, 9.17) is 10.5 Å². The van der Waals surface area contributed by atoms with Crippen LogP contribution in [0.4, 0.5) is 4.39 Å². The third-order valence-corrected chi connectivity index (χ3v) is 3.00. The Balaban J connectivity index is 2.50. The highest BCUT2D eigenvalue weighted by Gasteiger charge is 2.27. The molecule has 1 atom stereocenters. The van der Waals surface area contributed by atoms with Crippen molar-refractivity contribution in [1.82, 2.24) is 4.98 Å². The zero-order chi connectivity index (χ0) is 13.2. The largest absolute Gasteiger partial charge is 0.497 e. The van der Waals surface area contributed by atoms with E-state index in [1.54, 1.807) is 26.2 Å². The van der Waals surface area contributed by atoms with Crippen LogP contribution in [-0.2, 0) is 5.54 Å². The molecular weight excluding hydrogens is 231 g/mol. The first-order valence-electron chi connectivity index (χ1n) is 5.59. The zero-order valence-corrected chi connectivity index (χ0v) is 10.4. The molecule has 1 unspecified atom stereocenters. The Bertz CT molecular complexity index is 555. The number of nitrogens with two attached hydrogens (primary N) is 1. The molecule has 0 fully saturated rings. The Morgan fingerprint density at radius 1 is 1.33 bits per heavy atom. The lowest BCUT2D eigenvalue weighted by Gasteiger charge is -2.26. The Hall–Kier alpha value is -1.94. The van der Waals surface area contributed by atoms with E-state index in [1.165, 1.54) is 12.4 Å². The van der Waals surface area contributed by atoms with Crippen LogP contribution in [0, 0.1) is 5.82 Å². The predicted molar refractivity (Wildman–Crippen MR) is 67.8 cm³/mol. The van der Waals surface area contributed by atoms with Crippen molar-refractivity contribution < 1.29 is 9.13 Å². The molecule has 0 bridgehead atoms. The van der Waals surface area contributed by atoms with Gasteiger partial charge < -0.3 is 10.5 Å². The lowest BCUT2D eigenvalue weighted by molar-refractivity contribution is 0.412. The van der Waals surface area contributed by atoms with Crippen LogP contribution in [0.3, 0.4) is 0 Å².